The fraction of sp³-hybridized carbons (Fsp3) is 0.500. The summed E-state index contributed by atoms with van der Waals surface area (Å²) in [6.45, 7) is 4.77. The number of aryl methyl sites for hydroxylation is 1. The molecule has 4 N–H and O–H groups in total. The number of rotatable bonds is 11. The third-order valence-electron chi connectivity index (χ3n) is 7.52. The van der Waals surface area contributed by atoms with Gasteiger partial charge in [0.05, 0.1) is 6.54 Å². The van der Waals surface area contributed by atoms with E-state index in [9.17, 15) is 24.3 Å². The zero-order valence-corrected chi connectivity index (χ0v) is 25.2. The summed E-state index contributed by atoms with van der Waals surface area (Å²) in [4.78, 5) is 52.0. The van der Waals surface area contributed by atoms with Gasteiger partial charge in [-0.3, -0.25) is 9.59 Å². The molecule has 4 rings (SSSR count). The summed E-state index contributed by atoms with van der Waals surface area (Å²) >= 11 is 6.67. The van der Waals surface area contributed by atoms with E-state index in [0.717, 1.165) is 53.6 Å². The summed E-state index contributed by atoms with van der Waals surface area (Å²) in [7, 11) is 0. The summed E-state index contributed by atoms with van der Waals surface area (Å²) in [5.41, 5.74) is 3.40. The number of nitrogens with one attached hydrogen (secondary N) is 3. The molecule has 2 aromatic rings. The molecule has 2 saturated carbocycles. The van der Waals surface area contributed by atoms with E-state index >= 15 is 0 Å². The van der Waals surface area contributed by atoms with Crippen LogP contribution in [0.5, 0.6) is 0 Å². The van der Waals surface area contributed by atoms with Crippen LogP contribution in [-0.4, -0.2) is 46.2 Å². The standard InChI is InChI=1S/C32H40ClN3O6/c1-32(2,3)42-31(41)34-18-27(30(39)40)35-28(37)15-12-21-10-11-22(17-25(21)33)24(16-19-6-4-5-7-19)26-14-13-23(20-8-9-20)29(38)36-26/h10-11,13-14,16-17,19-20,27H,4-9,12,15,18H2,1-3H3,(H,34,41)(H,35,37)(H,36,38)(H,39,40)/b24-16+/t27-/m1/s1. The number of carboxylic acids is 1. The number of ether oxygens (including phenoxy) is 1. The molecule has 1 aromatic heterocycles. The highest BCUT2D eigenvalue weighted by molar-refractivity contribution is 6.31. The Kier molecular flexibility index (Phi) is 10.1. The summed E-state index contributed by atoms with van der Waals surface area (Å²) in [5.74, 6) is -0.959. The van der Waals surface area contributed by atoms with Crippen LogP contribution in [0.25, 0.3) is 5.57 Å². The number of allylic oxidation sites excluding steroid dienone is 1. The second-order valence-corrected chi connectivity index (χ2v) is 12.6. The summed E-state index contributed by atoms with van der Waals surface area (Å²) in [6.07, 6.45) is 8.50. The van der Waals surface area contributed by atoms with E-state index in [0.29, 0.717) is 23.3 Å². The van der Waals surface area contributed by atoms with Crippen LogP contribution in [0.1, 0.15) is 94.0 Å². The van der Waals surface area contributed by atoms with Gasteiger partial charge in [-0.15, -0.1) is 0 Å². The highest BCUT2D eigenvalue weighted by Crippen LogP contribution is 2.39. The monoisotopic (exact) mass is 597 g/mol. The zero-order valence-electron chi connectivity index (χ0n) is 24.4. The third kappa shape index (κ3) is 8.95. The van der Waals surface area contributed by atoms with E-state index in [1.54, 1.807) is 20.8 Å². The van der Waals surface area contributed by atoms with Gasteiger partial charge in [-0.1, -0.05) is 48.7 Å². The first-order valence-electron chi connectivity index (χ1n) is 14.6. The summed E-state index contributed by atoms with van der Waals surface area (Å²) < 4.78 is 5.11. The smallest absolute Gasteiger partial charge is 0.407 e. The minimum Gasteiger partial charge on any atom is -0.480 e. The second-order valence-electron chi connectivity index (χ2n) is 12.2. The first-order chi connectivity index (χ1) is 19.9. The van der Waals surface area contributed by atoms with Crippen molar-refractivity contribution < 1.29 is 24.2 Å². The fourth-order valence-electron chi connectivity index (χ4n) is 5.19. The number of aromatic nitrogens is 1. The number of carboxylic acid groups (broad SMARTS) is 1. The van der Waals surface area contributed by atoms with Crippen LogP contribution in [0.15, 0.2) is 41.2 Å². The first kappa shape index (κ1) is 31.3. The van der Waals surface area contributed by atoms with Crippen molar-refractivity contribution in [3.8, 4) is 0 Å². The van der Waals surface area contributed by atoms with Gasteiger partial charge >= 0.3 is 12.1 Å². The Morgan fingerprint density at radius 2 is 1.83 bits per heavy atom. The topological polar surface area (TPSA) is 138 Å². The van der Waals surface area contributed by atoms with Crippen molar-refractivity contribution in [2.24, 2.45) is 5.92 Å². The van der Waals surface area contributed by atoms with Crippen molar-refractivity contribution in [1.82, 2.24) is 15.6 Å². The van der Waals surface area contributed by atoms with Crippen LogP contribution in [0.2, 0.25) is 5.02 Å². The van der Waals surface area contributed by atoms with Crippen LogP contribution in [0.3, 0.4) is 0 Å². The van der Waals surface area contributed by atoms with Crippen LogP contribution in [-0.2, 0) is 20.7 Å². The number of carbonyl (C=O) groups is 3. The molecule has 2 amide bonds. The van der Waals surface area contributed by atoms with Crippen molar-refractivity contribution in [1.29, 1.82) is 0 Å². The zero-order chi connectivity index (χ0) is 30.4. The number of hydrogen-bond acceptors (Lipinski definition) is 5. The molecule has 1 heterocycles. The van der Waals surface area contributed by atoms with Gasteiger partial charge in [-0.25, -0.2) is 9.59 Å². The molecule has 2 fully saturated rings. The second kappa shape index (κ2) is 13.6. The molecule has 1 aromatic carbocycles. The van der Waals surface area contributed by atoms with E-state index in [1.165, 1.54) is 12.8 Å². The van der Waals surface area contributed by atoms with Gasteiger partial charge < -0.3 is 25.5 Å². The molecule has 10 heteroatoms. The van der Waals surface area contributed by atoms with E-state index in [4.69, 9.17) is 16.3 Å². The normalized spacial score (nSPS) is 16.6. The molecule has 0 spiro atoms. The highest BCUT2D eigenvalue weighted by atomic mass is 35.5. The van der Waals surface area contributed by atoms with Crippen LogP contribution in [0, 0.1) is 5.92 Å². The lowest BCUT2D eigenvalue weighted by atomic mass is 9.94. The maximum Gasteiger partial charge on any atom is 0.407 e. The molecule has 2 aliphatic carbocycles. The SMILES string of the molecule is CC(C)(C)OC(=O)NC[C@@H](NC(=O)CCc1ccc(/C(=C\C2CCCC2)c2ccc(C3CC3)c(=O)[nH]2)cc1Cl)C(=O)O. The number of alkyl carbamates (subject to hydrolysis) is 1. The number of aromatic amines is 1. The van der Waals surface area contributed by atoms with Crippen LogP contribution >= 0.6 is 11.6 Å². The molecular formula is C32H40ClN3O6. The van der Waals surface area contributed by atoms with Gasteiger partial charge in [0.1, 0.15) is 11.6 Å². The summed E-state index contributed by atoms with van der Waals surface area (Å²) in [6, 6.07) is 8.28. The maximum absolute atomic E-state index is 12.8. The molecule has 0 radical (unpaired) electrons. The van der Waals surface area contributed by atoms with Gasteiger partial charge in [0.25, 0.3) is 5.56 Å². The van der Waals surface area contributed by atoms with Gasteiger partial charge in [-0.05, 0) is 88.0 Å². The lowest BCUT2D eigenvalue weighted by molar-refractivity contribution is -0.141. The number of hydrogen-bond donors (Lipinski definition) is 4. The number of carbonyl (C=O) groups excluding carboxylic acids is 2. The molecule has 42 heavy (non-hydrogen) atoms. The quantitative estimate of drug-likeness (QED) is 0.268. The largest absolute Gasteiger partial charge is 0.480 e. The number of benzene rings is 1. The van der Waals surface area contributed by atoms with Crippen LogP contribution in [0.4, 0.5) is 4.79 Å². The number of amides is 2. The molecular weight excluding hydrogens is 558 g/mol. The van der Waals surface area contributed by atoms with E-state index < -0.39 is 29.6 Å². The molecule has 2 aliphatic rings. The van der Waals surface area contributed by atoms with Crippen molar-refractivity contribution in [2.75, 3.05) is 6.54 Å². The van der Waals surface area contributed by atoms with E-state index in [-0.39, 0.29) is 18.5 Å². The molecule has 9 nitrogen and oxygen atoms in total. The minimum absolute atomic E-state index is 0.00992. The average molecular weight is 598 g/mol. The van der Waals surface area contributed by atoms with Crippen molar-refractivity contribution in [3.05, 3.63) is 74.2 Å². The Hall–Kier alpha value is -3.59. The van der Waals surface area contributed by atoms with Gasteiger partial charge in [-0.2, -0.15) is 0 Å². The number of halogens is 1. The van der Waals surface area contributed by atoms with Crippen LogP contribution < -0.4 is 16.2 Å². The van der Waals surface area contributed by atoms with Gasteiger partial charge in [0.2, 0.25) is 5.91 Å². The van der Waals surface area contributed by atoms with E-state index in [2.05, 4.69) is 21.7 Å². The molecule has 226 valence electrons. The molecule has 0 bridgehead atoms. The lowest BCUT2D eigenvalue weighted by Crippen LogP contribution is -2.49. The molecule has 0 aliphatic heterocycles. The molecule has 0 unspecified atom stereocenters. The summed E-state index contributed by atoms with van der Waals surface area (Å²) in [5, 5.41) is 14.8. The fourth-order valence-corrected chi connectivity index (χ4v) is 5.47. The Morgan fingerprint density at radius 3 is 2.43 bits per heavy atom. The molecule has 0 saturated heterocycles. The Labute approximate surface area is 251 Å². The van der Waals surface area contributed by atoms with Crippen molar-refractivity contribution >= 4 is 35.1 Å². The number of pyridine rings is 1. The first-order valence-corrected chi connectivity index (χ1v) is 15.0. The Bertz CT molecular complexity index is 1400. The van der Waals surface area contributed by atoms with Crippen molar-refractivity contribution in [3.63, 3.8) is 0 Å². The Balaban J connectivity index is 1.42. The Morgan fingerprint density at radius 1 is 1.12 bits per heavy atom. The predicted molar refractivity (Wildman–Crippen MR) is 162 cm³/mol. The number of aliphatic carboxylic acids is 1. The predicted octanol–water partition coefficient (Wildman–Crippen LogP) is 5.55. The van der Waals surface area contributed by atoms with Gasteiger partial charge in [0.15, 0.2) is 0 Å². The highest BCUT2D eigenvalue weighted by Gasteiger charge is 2.27. The minimum atomic E-state index is -1.31. The number of H-pyrrole nitrogens is 1. The average Bonchev–Trinajstić information content (AvgIpc) is 3.62. The van der Waals surface area contributed by atoms with Crippen molar-refractivity contribution in [2.45, 2.75) is 89.7 Å². The molecule has 1 atom stereocenters. The maximum atomic E-state index is 12.8. The van der Waals surface area contributed by atoms with Gasteiger partial charge in [0, 0.05) is 28.3 Å². The van der Waals surface area contributed by atoms with E-state index in [1.807, 2.05) is 30.3 Å². The third-order valence-corrected chi connectivity index (χ3v) is 7.87. The lowest BCUT2D eigenvalue weighted by Gasteiger charge is -2.21.